The first-order chi connectivity index (χ1) is 7.66. The monoisotopic (exact) mass is 337 g/mol. The highest BCUT2D eigenvalue weighted by Crippen LogP contribution is 2.22. The zero-order valence-corrected chi connectivity index (χ0v) is 11.7. The van der Waals surface area contributed by atoms with Gasteiger partial charge in [0, 0.05) is 9.35 Å². The lowest BCUT2D eigenvalue weighted by Gasteiger charge is -2.00. The number of carbonyl (C=O) groups excluding carboxylic acids is 1. The first-order valence-corrected chi connectivity index (χ1v) is 7.02. The Balaban J connectivity index is 1.96. The Labute approximate surface area is 113 Å². The predicted molar refractivity (Wildman–Crippen MR) is 68.1 cm³/mol. The second kappa shape index (κ2) is 5.22. The molecular formula is C8H5BrClN3OS2. The van der Waals surface area contributed by atoms with E-state index in [1.54, 1.807) is 11.3 Å². The Morgan fingerprint density at radius 2 is 2.38 bits per heavy atom. The molecule has 0 saturated carbocycles. The van der Waals surface area contributed by atoms with Gasteiger partial charge in [0.25, 0.3) is 5.91 Å². The van der Waals surface area contributed by atoms with Crippen LogP contribution in [0.4, 0.5) is 0 Å². The largest absolute Gasteiger partial charge is 0.345 e. The molecule has 8 heteroatoms. The summed E-state index contributed by atoms with van der Waals surface area (Å²) >= 11 is 11.6. The zero-order valence-electron chi connectivity index (χ0n) is 7.74. The van der Waals surface area contributed by atoms with E-state index < -0.39 is 0 Å². The van der Waals surface area contributed by atoms with Crippen LogP contribution in [0.25, 0.3) is 0 Å². The molecule has 0 fully saturated rings. The summed E-state index contributed by atoms with van der Waals surface area (Å²) in [5.41, 5.74) is 0. The van der Waals surface area contributed by atoms with E-state index in [-0.39, 0.29) is 15.4 Å². The fourth-order valence-electron chi connectivity index (χ4n) is 0.984. The van der Waals surface area contributed by atoms with Crippen LogP contribution >= 0.6 is 50.2 Å². The summed E-state index contributed by atoms with van der Waals surface area (Å²) in [7, 11) is 0. The zero-order chi connectivity index (χ0) is 11.5. The highest BCUT2D eigenvalue weighted by atomic mass is 79.9. The summed E-state index contributed by atoms with van der Waals surface area (Å²) in [5, 5.41) is 12.2. The van der Waals surface area contributed by atoms with Crippen LogP contribution in [0, 0.1) is 0 Å². The molecule has 0 radical (unpaired) electrons. The van der Waals surface area contributed by atoms with E-state index in [0.717, 1.165) is 20.7 Å². The average Bonchev–Trinajstić information content (AvgIpc) is 2.84. The van der Waals surface area contributed by atoms with E-state index in [0.29, 0.717) is 6.54 Å². The third-order valence-corrected chi connectivity index (χ3v) is 4.64. The number of hydrogen-bond donors (Lipinski definition) is 1. The summed E-state index contributed by atoms with van der Waals surface area (Å²) in [4.78, 5) is 12.7. The summed E-state index contributed by atoms with van der Waals surface area (Å²) in [6.45, 7) is 0.467. The van der Waals surface area contributed by atoms with Crippen LogP contribution < -0.4 is 5.32 Å². The van der Waals surface area contributed by atoms with Crippen LogP contribution in [0.2, 0.25) is 4.47 Å². The maximum atomic E-state index is 11.6. The third kappa shape index (κ3) is 2.79. The molecule has 0 aliphatic carbocycles. The van der Waals surface area contributed by atoms with Gasteiger partial charge < -0.3 is 5.32 Å². The van der Waals surface area contributed by atoms with Crippen molar-refractivity contribution in [2.75, 3.05) is 0 Å². The quantitative estimate of drug-likeness (QED) is 0.936. The van der Waals surface area contributed by atoms with Crippen molar-refractivity contribution in [1.29, 1.82) is 0 Å². The number of nitrogens with zero attached hydrogens (tertiary/aromatic N) is 2. The van der Waals surface area contributed by atoms with Crippen LogP contribution in [0.5, 0.6) is 0 Å². The van der Waals surface area contributed by atoms with Gasteiger partial charge in [-0.05, 0) is 39.0 Å². The van der Waals surface area contributed by atoms with Gasteiger partial charge in [0.05, 0.1) is 6.54 Å². The van der Waals surface area contributed by atoms with E-state index in [1.807, 2.05) is 11.4 Å². The highest BCUT2D eigenvalue weighted by molar-refractivity contribution is 9.10. The summed E-state index contributed by atoms with van der Waals surface area (Å²) in [6, 6.07) is 1.94. The van der Waals surface area contributed by atoms with Gasteiger partial charge in [0.15, 0.2) is 0 Å². The average molecular weight is 339 g/mol. The Hall–Kier alpha value is -0.500. The lowest BCUT2D eigenvalue weighted by Crippen LogP contribution is -2.22. The van der Waals surface area contributed by atoms with Gasteiger partial charge in [-0.25, -0.2) is 0 Å². The van der Waals surface area contributed by atoms with Gasteiger partial charge in [0.1, 0.15) is 0 Å². The summed E-state index contributed by atoms with van der Waals surface area (Å²) in [5.74, 6) is -0.260. The second-order valence-electron chi connectivity index (χ2n) is 2.73. The molecule has 0 saturated heterocycles. The van der Waals surface area contributed by atoms with Crippen LogP contribution in [0.3, 0.4) is 0 Å². The number of hydrogen-bond acceptors (Lipinski definition) is 5. The second-order valence-corrected chi connectivity index (χ2v) is 6.15. The van der Waals surface area contributed by atoms with Gasteiger partial charge in [-0.2, -0.15) is 0 Å². The van der Waals surface area contributed by atoms with Crippen molar-refractivity contribution >= 4 is 56.1 Å². The lowest BCUT2D eigenvalue weighted by molar-refractivity contribution is 0.0950. The first-order valence-electron chi connectivity index (χ1n) is 4.16. The van der Waals surface area contributed by atoms with Crippen molar-refractivity contribution in [3.05, 3.63) is 30.3 Å². The van der Waals surface area contributed by atoms with Crippen LogP contribution in [-0.4, -0.2) is 16.1 Å². The summed E-state index contributed by atoms with van der Waals surface area (Å²) in [6.07, 6.45) is 0. The minimum absolute atomic E-state index is 0.260. The Bertz CT molecular complexity index is 513. The third-order valence-electron chi connectivity index (χ3n) is 1.70. The molecule has 0 spiro atoms. The number of rotatable bonds is 3. The van der Waals surface area contributed by atoms with Crippen molar-refractivity contribution in [3.63, 3.8) is 0 Å². The smallest absolute Gasteiger partial charge is 0.282 e. The maximum absolute atomic E-state index is 11.6. The van der Waals surface area contributed by atoms with E-state index in [4.69, 9.17) is 11.6 Å². The fraction of sp³-hybridized carbons (Fsp3) is 0.125. The van der Waals surface area contributed by atoms with Gasteiger partial charge in [-0.1, -0.05) is 11.3 Å². The maximum Gasteiger partial charge on any atom is 0.282 e. The van der Waals surface area contributed by atoms with E-state index >= 15 is 0 Å². The van der Waals surface area contributed by atoms with Gasteiger partial charge in [-0.15, -0.1) is 21.5 Å². The van der Waals surface area contributed by atoms with E-state index in [1.165, 1.54) is 0 Å². The Kier molecular flexibility index (Phi) is 3.91. The number of thiophene rings is 1. The molecule has 0 unspecified atom stereocenters. The predicted octanol–water partition coefficient (Wildman–Crippen LogP) is 2.95. The van der Waals surface area contributed by atoms with Gasteiger partial charge in [-0.3, -0.25) is 4.79 Å². The number of amides is 1. The van der Waals surface area contributed by atoms with Crippen molar-refractivity contribution in [2.45, 2.75) is 6.54 Å². The molecule has 16 heavy (non-hydrogen) atoms. The molecule has 2 aromatic heterocycles. The van der Waals surface area contributed by atoms with E-state index in [2.05, 4.69) is 31.4 Å². The molecule has 2 heterocycles. The van der Waals surface area contributed by atoms with Crippen LogP contribution in [0.1, 0.15) is 14.7 Å². The van der Waals surface area contributed by atoms with E-state index in [9.17, 15) is 4.79 Å². The minimum Gasteiger partial charge on any atom is -0.345 e. The normalized spacial score (nSPS) is 10.4. The SMILES string of the molecule is O=C(NCc1sccc1Br)c1nnc(Cl)s1. The molecule has 84 valence electrons. The molecule has 0 aliphatic heterocycles. The van der Waals surface area contributed by atoms with Crippen molar-refractivity contribution in [3.8, 4) is 0 Å². The van der Waals surface area contributed by atoms with Crippen molar-refractivity contribution in [1.82, 2.24) is 15.5 Å². The molecule has 4 nitrogen and oxygen atoms in total. The molecule has 2 aromatic rings. The molecule has 1 amide bonds. The molecule has 0 aromatic carbocycles. The van der Waals surface area contributed by atoms with Crippen LogP contribution in [-0.2, 0) is 6.54 Å². The molecular weight excluding hydrogens is 334 g/mol. The summed E-state index contributed by atoms with van der Waals surface area (Å²) < 4.78 is 1.26. The number of carbonyl (C=O) groups is 1. The lowest BCUT2D eigenvalue weighted by atomic mass is 10.4. The molecule has 0 atom stereocenters. The number of halogens is 2. The number of aromatic nitrogens is 2. The number of nitrogens with one attached hydrogen (secondary N) is 1. The van der Waals surface area contributed by atoms with Crippen molar-refractivity contribution in [2.24, 2.45) is 0 Å². The minimum atomic E-state index is -0.260. The van der Waals surface area contributed by atoms with Crippen LogP contribution in [0.15, 0.2) is 15.9 Å². The topological polar surface area (TPSA) is 54.9 Å². The standard InChI is InChI=1S/C8H5BrClN3OS2/c9-4-1-2-15-5(4)3-11-6(14)7-12-13-8(10)16-7/h1-2H,3H2,(H,11,14). The van der Waals surface area contributed by atoms with Crippen molar-refractivity contribution < 1.29 is 4.79 Å². The molecule has 2 rings (SSSR count). The van der Waals surface area contributed by atoms with Gasteiger partial charge >= 0.3 is 0 Å². The Morgan fingerprint density at radius 1 is 1.56 bits per heavy atom. The highest BCUT2D eigenvalue weighted by Gasteiger charge is 2.12. The Morgan fingerprint density at radius 3 is 2.94 bits per heavy atom. The molecule has 0 bridgehead atoms. The van der Waals surface area contributed by atoms with Gasteiger partial charge in [0.2, 0.25) is 9.47 Å². The molecule has 1 N–H and O–H groups in total. The fourth-order valence-corrected chi connectivity index (χ4v) is 3.16. The molecule has 0 aliphatic rings. The first kappa shape index (κ1) is 12.0.